The van der Waals surface area contributed by atoms with Crippen LogP contribution in [-0.2, 0) is 67.6 Å². The molecule has 9 N–H and O–H groups in total. The van der Waals surface area contributed by atoms with E-state index in [1.54, 1.807) is 0 Å². The maximum Gasteiger partial charge on any atom is 0.414 e. The normalized spacial score (nSPS) is 23.7. The van der Waals surface area contributed by atoms with Crippen molar-refractivity contribution in [3.63, 3.8) is 0 Å². The smallest absolute Gasteiger partial charge is 0.414 e. The molecule has 0 aromatic carbocycles. The van der Waals surface area contributed by atoms with E-state index in [9.17, 15) is 33.6 Å². The standard InChI is InChI=1S/C18H26N4O15/c1-7(23)13(21)16(29)36-33-11(25)4-2-8(19)14(27)31-18(22)6-12(26)34-32-10(24)5-3-9(20)15(28)35-37-17(18)30/h7-9,13,23H,2-6,19-22H2,1H3/t7?,8-,9-,13?,18?/m1/s1. The lowest BCUT2D eigenvalue weighted by molar-refractivity contribution is -0.276. The highest BCUT2D eigenvalue weighted by atomic mass is 17.2. The van der Waals surface area contributed by atoms with E-state index in [4.69, 9.17) is 32.8 Å². The van der Waals surface area contributed by atoms with Gasteiger partial charge in [0.1, 0.15) is 24.5 Å². The van der Waals surface area contributed by atoms with E-state index in [1.807, 2.05) is 0 Å². The van der Waals surface area contributed by atoms with Gasteiger partial charge in [-0.05, 0) is 19.8 Å². The van der Waals surface area contributed by atoms with E-state index in [0.717, 1.165) is 0 Å². The molecule has 19 heteroatoms. The zero-order valence-corrected chi connectivity index (χ0v) is 19.3. The quantitative estimate of drug-likeness (QED) is 0.0882. The predicted octanol–water partition coefficient (Wildman–Crippen LogP) is -4.48. The van der Waals surface area contributed by atoms with Gasteiger partial charge in [0.25, 0.3) is 5.72 Å². The second-order valence-corrected chi connectivity index (χ2v) is 7.59. The van der Waals surface area contributed by atoms with Crippen molar-refractivity contribution >= 4 is 41.8 Å². The number of hydrogen-bond acceptors (Lipinski definition) is 19. The molecule has 0 amide bonds. The van der Waals surface area contributed by atoms with Crippen LogP contribution in [-0.4, -0.2) is 76.8 Å². The molecule has 0 spiro atoms. The molecule has 0 bridgehead atoms. The summed E-state index contributed by atoms with van der Waals surface area (Å²) in [7, 11) is 0. The van der Waals surface area contributed by atoms with Crippen molar-refractivity contribution in [2.75, 3.05) is 0 Å². The maximum atomic E-state index is 12.3. The van der Waals surface area contributed by atoms with Crippen LogP contribution in [0.2, 0.25) is 0 Å². The van der Waals surface area contributed by atoms with E-state index >= 15 is 0 Å². The first-order valence-electron chi connectivity index (χ1n) is 10.4. The Bertz CT molecular complexity index is 910. The second-order valence-electron chi connectivity index (χ2n) is 7.59. The van der Waals surface area contributed by atoms with Gasteiger partial charge in [0, 0.05) is 0 Å². The van der Waals surface area contributed by atoms with Crippen molar-refractivity contribution in [2.24, 2.45) is 22.9 Å². The first-order chi connectivity index (χ1) is 17.2. The minimum Gasteiger partial charge on any atom is -0.430 e. The van der Waals surface area contributed by atoms with Crippen LogP contribution in [0.25, 0.3) is 0 Å². The Labute approximate surface area is 207 Å². The highest BCUT2D eigenvalue weighted by molar-refractivity contribution is 5.89. The molecular weight excluding hydrogens is 512 g/mol. The number of aliphatic hydroxyl groups is 1. The number of ether oxygens (including phenoxy) is 1. The Morgan fingerprint density at radius 3 is 2.27 bits per heavy atom. The van der Waals surface area contributed by atoms with E-state index in [0.29, 0.717) is 0 Å². The Hall–Kier alpha value is -3.91. The molecule has 0 aromatic heterocycles. The Morgan fingerprint density at radius 2 is 1.65 bits per heavy atom. The monoisotopic (exact) mass is 538 g/mol. The topological polar surface area (TPSA) is 308 Å². The van der Waals surface area contributed by atoms with Crippen LogP contribution in [0.15, 0.2) is 0 Å². The largest absolute Gasteiger partial charge is 0.430 e. The van der Waals surface area contributed by atoms with Gasteiger partial charge in [-0.3, -0.25) is 10.5 Å². The van der Waals surface area contributed by atoms with Crippen LogP contribution in [0.3, 0.4) is 0 Å². The van der Waals surface area contributed by atoms with Crippen molar-refractivity contribution in [1.29, 1.82) is 0 Å². The van der Waals surface area contributed by atoms with Crippen LogP contribution in [0.1, 0.15) is 39.0 Å². The number of carbonyl (C=O) groups is 7. The zero-order valence-electron chi connectivity index (χ0n) is 19.3. The molecule has 1 fully saturated rings. The number of aliphatic hydroxyl groups excluding tert-OH is 1. The lowest BCUT2D eigenvalue weighted by Gasteiger charge is -2.26. The summed E-state index contributed by atoms with van der Waals surface area (Å²) in [6.07, 6.45) is -4.57. The second kappa shape index (κ2) is 14.0. The van der Waals surface area contributed by atoms with E-state index in [1.165, 1.54) is 6.92 Å². The third kappa shape index (κ3) is 10.3. The van der Waals surface area contributed by atoms with Crippen LogP contribution in [0.5, 0.6) is 0 Å². The highest BCUT2D eigenvalue weighted by Crippen LogP contribution is 2.17. The van der Waals surface area contributed by atoms with Gasteiger partial charge in [-0.1, -0.05) is 0 Å². The predicted molar refractivity (Wildman–Crippen MR) is 108 cm³/mol. The number of hydrogen-bond donors (Lipinski definition) is 5. The van der Waals surface area contributed by atoms with Crippen LogP contribution in [0, 0.1) is 0 Å². The van der Waals surface area contributed by atoms with Gasteiger partial charge < -0.3 is 27.0 Å². The average molecular weight is 538 g/mol. The van der Waals surface area contributed by atoms with Gasteiger partial charge in [-0.2, -0.15) is 0 Å². The summed E-state index contributed by atoms with van der Waals surface area (Å²) in [4.78, 5) is 108. The summed E-state index contributed by atoms with van der Waals surface area (Å²) in [5, 5.41) is 9.16. The molecule has 19 nitrogen and oxygen atoms in total. The molecule has 37 heavy (non-hydrogen) atoms. The Kier molecular flexibility index (Phi) is 11.8. The average Bonchev–Trinajstić information content (AvgIpc) is 2.84. The lowest BCUT2D eigenvalue weighted by atomic mass is 10.1. The number of esters is 1. The third-order valence-corrected chi connectivity index (χ3v) is 4.40. The van der Waals surface area contributed by atoms with Gasteiger partial charge in [0.05, 0.1) is 18.9 Å². The molecule has 1 aliphatic rings. The molecule has 208 valence electrons. The molecule has 1 heterocycles. The molecule has 3 unspecified atom stereocenters. The summed E-state index contributed by atoms with van der Waals surface area (Å²) >= 11 is 0. The fraction of sp³-hybridized carbons (Fsp3) is 0.611. The van der Waals surface area contributed by atoms with Crippen LogP contribution >= 0.6 is 0 Å². The van der Waals surface area contributed by atoms with Crippen molar-refractivity contribution in [2.45, 2.75) is 69.0 Å². The number of carbonyl (C=O) groups excluding carboxylic acids is 7. The van der Waals surface area contributed by atoms with Gasteiger partial charge in [-0.25, -0.2) is 58.1 Å². The fourth-order valence-electron chi connectivity index (χ4n) is 2.16. The zero-order chi connectivity index (χ0) is 28.3. The van der Waals surface area contributed by atoms with Crippen molar-refractivity contribution in [1.82, 2.24) is 0 Å². The minimum absolute atomic E-state index is 0.334. The maximum absolute atomic E-state index is 12.3. The van der Waals surface area contributed by atoms with Crippen LogP contribution < -0.4 is 22.9 Å². The van der Waals surface area contributed by atoms with Gasteiger partial charge in [0.15, 0.2) is 0 Å². The van der Waals surface area contributed by atoms with Gasteiger partial charge in [0.2, 0.25) is 0 Å². The molecule has 0 aliphatic carbocycles. The van der Waals surface area contributed by atoms with Crippen molar-refractivity contribution in [3.8, 4) is 0 Å². The van der Waals surface area contributed by atoms with E-state index in [-0.39, 0.29) is 6.42 Å². The molecule has 0 radical (unpaired) electrons. The fourth-order valence-corrected chi connectivity index (χ4v) is 2.16. The SMILES string of the molecule is CC(O)C(N)C(=O)OOC(=O)CC[C@@H](N)C(=O)OC1(N)CC(=O)OOC(=O)CC[C@@H](N)C(=O)OOC1=O. The highest BCUT2D eigenvalue weighted by Gasteiger charge is 2.46. The number of nitrogens with two attached hydrogens (primary N) is 4. The summed E-state index contributed by atoms with van der Waals surface area (Å²) in [5.74, 6) is -9.60. The molecule has 1 saturated heterocycles. The lowest BCUT2D eigenvalue weighted by Crippen LogP contribution is -2.56. The Balaban J connectivity index is 2.79. The van der Waals surface area contributed by atoms with Gasteiger partial charge in [-0.15, -0.1) is 0 Å². The summed E-state index contributed by atoms with van der Waals surface area (Å²) in [5.41, 5.74) is 18.9. The van der Waals surface area contributed by atoms with E-state index in [2.05, 4.69) is 29.3 Å². The summed E-state index contributed by atoms with van der Waals surface area (Å²) in [6, 6.07) is -4.63. The van der Waals surface area contributed by atoms with Crippen molar-refractivity contribution < 1.29 is 72.7 Å². The molecule has 0 saturated carbocycles. The molecule has 1 rings (SSSR count). The number of rotatable bonds is 7. The Morgan fingerprint density at radius 1 is 1.03 bits per heavy atom. The summed E-state index contributed by atoms with van der Waals surface area (Å²) < 4.78 is 4.73. The van der Waals surface area contributed by atoms with Crippen LogP contribution in [0.4, 0.5) is 0 Å². The molecule has 0 aromatic rings. The minimum atomic E-state index is -3.01. The molecule has 1 aliphatic heterocycles. The first kappa shape index (κ1) is 31.1. The van der Waals surface area contributed by atoms with Gasteiger partial charge >= 0.3 is 41.8 Å². The molecular formula is C18H26N4O15. The van der Waals surface area contributed by atoms with E-state index < -0.39 is 97.4 Å². The summed E-state index contributed by atoms with van der Waals surface area (Å²) in [6.45, 7) is 1.19. The third-order valence-electron chi connectivity index (χ3n) is 4.40. The first-order valence-corrected chi connectivity index (χ1v) is 10.4. The molecule has 5 atom stereocenters. The van der Waals surface area contributed by atoms with Crippen molar-refractivity contribution in [3.05, 3.63) is 0 Å².